The number of amides is 1. The standard InChI is InChI=1S/C7H4N4O4/c8-10-9-7(13)4-2-1-3-5(6(4)12)11(14)15/h1-3,12H. The molecule has 0 radical (unpaired) electrons. The van der Waals surface area contributed by atoms with E-state index in [0.717, 1.165) is 12.1 Å². The third kappa shape index (κ3) is 2.01. The van der Waals surface area contributed by atoms with Gasteiger partial charge < -0.3 is 5.11 Å². The van der Waals surface area contributed by atoms with Crippen LogP contribution >= 0.6 is 0 Å². The number of hydrogen-bond acceptors (Lipinski definition) is 4. The Hall–Kier alpha value is -2.60. The van der Waals surface area contributed by atoms with Crippen molar-refractivity contribution in [3.05, 3.63) is 44.3 Å². The molecule has 1 N–H and O–H groups in total. The van der Waals surface area contributed by atoms with Crippen LogP contribution in [-0.4, -0.2) is 15.9 Å². The van der Waals surface area contributed by atoms with Crippen LogP contribution in [0.3, 0.4) is 0 Å². The average molecular weight is 208 g/mol. The Morgan fingerprint density at radius 2 is 2.27 bits per heavy atom. The average Bonchev–Trinajstić information content (AvgIpc) is 2.17. The maximum atomic E-state index is 11.0. The number of carbonyl (C=O) groups is 1. The fourth-order valence-electron chi connectivity index (χ4n) is 0.946. The zero-order valence-electron chi connectivity index (χ0n) is 7.19. The first-order chi connectivity index (χ1) is 7.07. The summed E-state index contributed by atoms with van der Waals surface area (Å²) in [6.45, 7) is 0. The van der Waals surface area contributed by atoms with Gasteiger partial charge in [-0.3, -0.25) is 14.9 Å². The third-order valence-electron chi connectivity index (χ3n) is 1.58. The Kier molecular flexibility index (Phi) is 2.85. The fourth-order valence-corrected chi connectivity index (χ4v) is 0.946. The Bertz CT molecular complexity index is 478. The van der Waals surface area contributed by atoms with E-state index < -0.39 is 27.8 Å². The van der Waals surface area contributed by atoms with Crippen LogP contribution in [0.4, 0.5) is 5.69 Å². The van der Waals surface area contributed by atoms with Crippen molar-refractivity contribution in [1.29, 1.82) is 0 Å². The van der Waals surface area contributed by atoms with Gasteiger partial charge in [0.25, 0.3) is 5.91 Å². The van der Waals surface area contributed by atoms with E-state index in [1.54, 1.807) is 0 Å². The molecule has 8 nitrogen and oxygen atoms in total. The monoisotopic (exact) mass is 208 g/mol. The highest BCUT2D eigenvalue weighted by molar-refractivity contribution is 5.98. The molecule has 15 heavy (non-hydrogen) atoms. The number of rotatable bonds is 2. The summed E-state index contributed by atoms with van der Waals surface area (Å²) in [5, 5.41) is 22.4. The topological polar surface area (TPSA) is 129 Å². The first kappa shape index (κ1) is 10.5. The largest absolute Gasteiger partial charge is 0.502 e. The second-order valence-corrected chi connectivity index (χ2v) is 2.43. The normalized spacial score (nSPS) is 9.07. The molecular weight excluding hydrogens is 204 g/mol. The Morgan fingerprint density at radius 1 is 1.60 bits per heavy atom. The molecule has 0 atom stereocenters. The second kappa shape index (κ2) is 4.07. The van der Waals surface area contributed by atoms with Gasteiger partial charge in [-0.2, -0.15) is 0 Å². The Balaban J connectivity index is 3.32. The van der Waals surface area contributed by atoms with E-state index in [1.807, 2.05) is 0 Å². The lowest BCUT2D eigenvalue weighted by molar-refractivity contribution is -0.385. The number of azide groups is 1. The number of phenolic OH excluding ortho intramolecular Hbond substituents is 1. The zero-order chi connectivity index (χ0) is 11.4. The van der Waals surface area contributed by atoms with Crippen LogP contribution < -0.4 is 0 Å². The molecule has 0 aromatic heterocycles. The van der Waals surface area contributed by atoms with Gasteiger partial charge in [-0.05, 0) is 16.7 Å². The number of para-hydroxylation sites is 1. The lowest BCUT2D eigenvalue weighted by atomic mass is 10.1. The number of nitrogens with zero attached hydrogens (tertiary/aromatic N) is 4. The van der Waals surface area contributed by atoms with Crippen LogP contribution in [-0.2, 0) is 0 Å². The molecule has 0 bridgehead atoms. The summed E-state index contributed by atoms with van der Waals surface area (Å²) < 4.78 is 0. The van der Waals surface area contributed by atoms with Crippen molar-refractivity contribution in [1.82, 2.24) is 0 Å². The summed E-state index contributed by atoms with van der Waals surface area (Å²) in [4.78, 5) is 22.8. The molecule has 0 heterocycles. The quantitative estimate of drug-likeness (QED) is 0.261. The van der Waals surface area contributed by atoms with Gasteiger partial charge in [-0.25, -0.2) is 0 Å². The van der Waals surface area contributed by atoms with Gasteiger partial charge in [0, 0.05) is 11.0 Å². The third-order valence-corrected chi connectivity index (χ3v) is 1.58. The number of carbonyl (C=O) groups excluding carboxylic acids is 1. The van der Waals surface area contributed by atoms with E-state index in [9.17, 15) is 20.0 Å². The highest BCUT2D eigenvalue weighted by Crippen LogP contribution is 2.29. The van der Waals surface area contributed by atoms with Crippen molar-refractivity contribution in [3.8, 4) is 5.75 Å². The van der Waals surface area contributed by atoms with E-state index in [1.165, 1.54) is 6.07 Å². The molecule has 0 saturated carbocycles. The van der Waals surface area contributed by atoms with Crippen molar-refractivity contribution in [3.63, 3.8) is 0 Å². The highest BCUT2D eigenvalue weighted by Gasteiger charge is 2.19. The van der Waals surface area contributed by atoms with E-state index >= 15 is 0 Å². The summed E-state index contributed by atoms with van der Waals surface area (Å²) in [7, 11) is 0. The zero-order valence-corrected chi connectivity index (χ0v) is 7.19. The van der Waals surface area contributed by atoms with Crippen LogP contribution in [0, 0.1) is 10.1 Å². The summed E-state index contributed by atoms with van der Waals surface area (Å²) in [6, 6.07) is 3.36. The predicted octanol–water partition coefficient (Wildman–Crippen LogP) is 1.75. The highest BCUT2D eigenvalue weighted by atomic mass is 16.6. The molecule has 0 unspecified atom stereocenters. The molecule has 8 heteroatoms. The number of aromatic hydroxyl groups is 1. The van der Waals surface area contributed by atoms with Gasteiger partial charge in [-0.1, -0.05) is 6.07 Å². The van der Waals surface area contributed by atoms with Gasteiger partial charge in [0.05, 0.1) is 10.5 Å². The van der Waals surface area contributed by atoms with E-state index in [2.05, 4.69) is 10.0 Å². The number of hydrogen-bond donors (Lipinski definition) is 1. The van der Waals surface area contributed by atoms with Crippen LogP contribution in [0.2, 0.25) is 0 Å². The first-order valence-electron chi connectivity index (χ1n) is 3.63. The molecule has 1 rings (SSSR count). The second-order valence-electron chi connectivity index (χ2n) is 2.43. The lowest BCUT2D eigenvalue weighted by Crippen LogP contribution is -1.97. The molecular formula is C7H4N4O4. The molecule has 0 saturated heterocycles. The number of nitro groups is 1. The summed E-state index contributed by atoms with van der Waals surface area (Å²) in [6.07, 6.45) is 0. The lowest BCUT2D eigenvalue weighted by Gasteiger charge is -1.99. The molecule has 1 aromatic rings. The molecule has 76 valence electrons. The van der Waals surface area contributed by atoms with Crippen molar-refractivity contribution >= 4 is 11.6 Å². The Morgan fingerprint density at radius 3 is 2.80 bits per heavy atom. The number of phenols is 1. The van der Waals surface area contributed by atoms with E-state index in [0.29, 0.717) is 0 Å². The van der Waals surface area contributed by atoms with Crippen molar-refractivity contribution in [2.24, 2.45) is 5.11 Å². The predicted molar refractivity (Wildman–Crippen MR) is 48.2 cm³/mol. The number of nitro benzene ring substituents is 1. The molecule has 0 aliphatic rings. The molecule has 1 amide bonds. The summed E-state index contributed by atoms with van der Waals surface area (Å²) >= 11 is 0. The minimum atomic E-state index is -1.07. The van der Waals surface area contributed by atoms with Crippen LogP contribution in [0.5, 0.6) is 5.75 Å². The molecule has 0 fully saturated rings. The molecule has 0 aliphatic heterocycles. The van der Waals surface area contributed by atoms with Crippen LogP contribution in [0.25, 0.3) is 10.4 Å². The van der Waals surface area contributed by atoms with Gasteiger partial charge in [0.2, 0.25) is 5.75 Å². The van der Waals surface area contributed by atoms with Gasteiger partial charge in [0.15, 0.2) is 0 Å². The maximum Gasteiger partial charge on any atom is 0.311 e. The van der Waals surface area contributed by atoms with Crippen molar-refractivity contribution < 1.29 is 14.8 Å². The van der Waals surface area contributed by atoms with Gasteiger partial charge >= 0.3 is 5.69 Å². The fraction of sp³-hybridized carbons (Fsp3) is 0. The van der Waals surface area contributed by atoms with Gasteiger partial charge in [0.1, 0.15) is 0 Å². The minimum Gasteiger partial charge on any atom is -0.502 e. The summed E-state index contributed by atoms with van der Waals surface area (Å²) in [5.74, 6) is -1.88. The van der Waals surface area contributed by atoms with Crippen molar-refractivity contribution in [2.45, 2.75) is 0 Å². The molecule has 1 aromatic carbocycles. The Labute approximate surface area is 82.5 Å². The van der Waals surface area contributed by atoms with E-state index in [4.69, 9.17) is 5.53 Å². The molecule has 0 spiro atoms. The van der Waals surface area contributed by atoms with Crippen molar-refractivity contribution in [2.75, 3.05) is 0 Å². The molecule has 0 aliphatic carbocycles. The van der Waals surface area contributed by atoms with Gasteiger partial charge in [-0.15, -0.1) is 0 Å². The van der Waals surface area contributed by atoms with Crippen LogP contribution in [0.15, 0.2) is 23.3 Å². The number of benzene rings is 1. The smallest absolute Gasteiger partial charge is 0.311 e. The SMILES string of the molecule is [N-]=[N+]=NC(=O)c1cccc([N+](=O)[O-])c1O. The first-order valence-corrected chi connectivity index (χ1v) is 3.63. The minimum absolute atomic E-state index is 0.401. The maximum absolute atomic E-state index is 11.0. The van der Waals surface area contributed by atoms with E-state index in [-0.39, 0.29) is 0 Å². The summed E-state index contributed by atoms with van der Waals surface area (Å²) in [5.41, 5.74) is 6.97. The van der Waals surface area contributed by atoms with Crippen LogP contribution in [0.1, 0.15) is 10.4 Å².